The zero-order chi connectivity index (χ0) is 14.8. The molecule has 1 aromatic carbocycles. The van der Waals surface area contributed by atoms with E-state index in [2.05, 4.69) is 0 Å². The molecule has 2 aromatic rings. The largest absolute Gasteiger partial charge is 0.450 e. The number of benzene rings is 1. The fourth-order valence-electron chi connectivity index (χ4n) is 2.48. The van der Waals surface area contributed by atoms with Gasteiger partial charge in [-0.2, -0.15) is 0 Å². The summed E-state index contributed by atoms with van der Waals surface area (Å²) in [7, 11) is 0. The first-order chi connectivity index (χ1) is 9.57. The van der Waals surface area contributed by atoms with Crippen LogP contribution in [-0.4, -0.2) is 18.0 Å². The minimum atomic E-state index is -0.890. The number of fused-ring (bicyclic) bond motifs is 1. The van der Waals surface area contributed by atoms with Gasteiger partial charge in [-0.05, 0) is 31.9 Å². The molecule has 0 aliphatic heterocycles. The molecule has 0 saturated heterocycles. The van der Waals surface area contributed by atoms with Gasteiger partial charge in [-0.3, -0.25) is 4.79 Å². The van der Waals surface area contributed by atoms with Crippen molar-refractivity contribution in [3.05, 3.63) is 35.8 Å². The van der Waals surface area contributed by atoms with Crippen LogP contribution in [0.1, 0.15) is 44.2 Å². The predicted molar refractivity (Wildman–Crippen MR) is 75.4 cm³/mol. The number of furan rings is 1. The van der Waals surface area contributed by atoms with Crippen LogP contribution in [0.3, 0.4) is 0 Å². The Balaban J connectivity index is 2.46. The number of carbonyl (C=O) groups is 1. The van der Waals surface area contributed by atoms with Gasteiger partial charge < -0.3 is 9.15 Å². The third-order valence-electron chi connectivity index (χ3n) is 3.70. The number of ketones is 1. The van der Waals surface area contributed by atoms with Crippen molar-refractivity contribution in [1.29, 1.82) is 0 Å². The van der Waals surface area contributed by atoms with Crippen LogP contribution in [0, 0.1) is 5.82 Å². The van der Waals surface area contributed by atoms with Crippen molar-refractivity contribution in [2.45, 2.75) is 39.2 Å². The number of hydrogen-bond acceptors (Lipinski definition) is 3. The lowest BCUT2D eigenvalue weighted by atomic mass is 9.90. The molecule has 108 valence electrons. The van der Waals surface area contributed by atoms with Gasteiger partial charge in [0.1, 0.15) is 5.60 Å². The number of para-hydroxylation sites is 1. The van der Waals surface area contributed by atoms with E-state index in [9.17, 15) is 9.18 Å². The van der Waals surface area contributed by atoms with Crippen LogP contribution < -0.4 is 0 Å². The summed E-state index contributed by atoms with van der Waals surface area (Å²) >= 11 is 0. The molecule has 3 nitrogen and oxygen atoms in total. The summed E-state index contributed by atoms with van der Waals surface area (Å²) in [5.41, 5.74) is -0.771. The zero-order valence-corrected chi connectivity index (χ0v) is 12.0. The normalized spacial score (nSPS) is 12.0. The van der Waals surface area contributed by atoms with Crippen molar-refractivity contribution in [3.8, 4) is 0 Å². The molecule has 0 radical (unpaired) electrons. The lowest BCUT2D eigenvalue weighted by Gasteiger charge is -2.28. The zero-order valence-electron chi connectivity index (χ0n) is 12.0. The van der Waals surface area contributed by atoms with Crippen LogP contribution >= 0.6 is 0 Å². The molecule has 0 aliphatic carbocycles. The molecule has 0 atom stereocenters. The van der Waals surface area contributed by atoms with Crippen molar-refractivity contribution < 1.29 is 18.3 Å². The molecule has 1 aromatic heterocycles. The van der Waals surface area contributed by atoms with Gasteiger partial charge in [-0.25, -0.2) is 4.39 Å². The Morgan fingerprint density at radius 1 is 1.30 bits per heavy atom. The number of ether oxygens (including phenoxy) is 1. The molecular weight excluding hydrogens is 259 g/mol. The van der Waals surface area contributed by atoms with E-state index in [-0.39, 0.29) is 17.1 Å². The van der Waals surface area contributed by atoms with E-state index in [1.54, 1.807) is 18.2 Å². The highest BCUT2D eigenvalue weighted by molar-refractivity contribution is 6.03. The summed E-state index contributed by atoms with van der Waals surface area (Å²) in [6.45, 7) is 6.11. The fourth-order valence-corrected chi connectivity index (χ4v) is 2.48. The minimum Gasteiger partial charge on any atom is -0.450 e. The number of Topliss-reactive ketones (excluding diaryl/α,β-unsaturated/α-hetero) is 1. The molecule has 0 unspecified atom stereocenters. The monoisotopic (exact) mass is 278 g/mol. The molecule has 0 aliphatic rings. The molecule has 0 N–H and O–H groups in total. The van der Waals surface area contributed by atoms with Gasteiger partial charge in [0.15, 0.2) is 17.2 Å². The molecule has 2 rings (SSSR count). The topological polar surface area (TPSA) is 39.4 Å². The first-order valence-electron chi connectivity index (χ1n) is 6.94. The number of rotatable bonds is 6. The van der Waals surface area contributed by atoms with Crippen LogP contribution in [0.2, 0.25) is 0 Å². The number of halogens is 1. The third-order valence-corrected chi connectivity index (χ3v) is 3.70. The van der Waals surface area contributed by atoms with Crippen molar-refractivity contribution in [1.82, 2.24) is 0 Å². The Bertz CT molecular complexity index is 611. The molecule has 0 amide bonds. The van der Waals surface area contributed by atoms with E-state index in [0.717, 1.165) is 0 Å². The Morgan fingerprint density at radius 3 is 2.55 bits per heavy atom. The Kier molecular flexibility index (Phi) is 4.23. The highest BCUT2D eigenvalue weighted by atomic mass is 19.1. The number of carbonyl (C=O) groups excluding carboxylic acids is 1. The van der Waals surface area contributed by atoms with Gasteiger partial charge in [0, 0.05) is 12.0 Å². The molecule has 0 spiro atoms. The molecule has 20 heavy (non-hydrogen) atoms. The highest BCUT2D eigenvalue weighted by Crippen LogP contribution is 2.29. The van der Waals surface area contributed by atoms with E-state index >= 15 is 0 Å². The SMILES string of the molecule is CCOC(CC)(CC)C(=O)c1cc2cccc(F)c2o1. The Hall–Kier alpha value is -1.68. The summed E-state index contributed by atoms with van der Waals surface area (Å²) in [6, 6.07) is 6.21. The van der Waals surface area contributed by atoms with E-state index in [1.165, 1.54) is 6.07 Å². The summed E-state index contributed by atoms with van der Waals surface area (Å²) in [4.78, 5) is 12.7. The second-order valence-corrected chi connectivity index (χ2v) is 4.73. The minimum absolute atomic E-state index is 0.119. The maximum absolute atomic E-state index is 13.6. The van der Waals surface area contributed by atoms with E-state index in [0.29, 0.717) is 24.8 Å². The fraction of sp³-hybridized carbons (Fsp3) is 0.438. The third kappa shape index (κ3) is 2.36. The predicted octanol–water partition coefficient (Wildman–Crippen LogP) is 4.35. The molecule has 1 heterocycles. The highest BCUT2D eigenvalue weighted by Gasteiger charge is 2.38. The standard InChI is InChI=1S/C16H19FO3/c1-4-16(5-2,19-6-3)15(18)13-10-11-8-7-9-12(17)14(11)20-13/h7-10H,4-6H2,1-3H3. The average Bonchev–Trinajstić information content (AvgIpc) is 2.89. The van der Waals surface area contributed by atoms with Crippen LogP contribution in [0.15, 0.2) is 28.7 Å². The maximum atomic E-state index is 13.6. The van der Waals surface area contributed by atoms with Gasteiger partial charge in [-0.15, -0.1) is 0 Å². The van der Waals surface area contributed by atoms with Crippen molar-refractivity contribution in [2.75, 3.05) is 6.61 Å². The first kappa shape index (κ1) is 14.7. The first-order valence-corrected chi connectivity index (χ1v) is 6.94. The van der Waals surface area contributed by atoms with Crippen LogP contribution in [0.25, 0.3) is 11.0 Å². The second kappa shape index (κ2) is 5.75. The molecule has 4 heteroatoms. The maximum Gasteiger partial charge on any atom is 0.229 e. The smallest absolute Gasteiger partial charge is 0.229 e. The van der Waals surface area contributed by atoms with E-state index in [4.69, 9.17) is 9.15 Å². The summed E-state index contributed by atoms with van der Waals surface area (Å²) < 4.78 is 24.7. The molecule has 0 bridgehead atoms. The van der Waals surface area contributed by atoms with Gasteiger partial charge in [0.2, 0.25) is 5.78 Å². The van der Waals surface area contributed by atoms with Crippen LogP contribution in [0.4, 0.5) is 4.39 Å². The van der Waals surface area contributed by atoms with Crippen molar-refractivity contribution >= 4 is 16.8 Å². The van der Waals surface area contributed by atoms with Gasteiger partial charge in [-0.1, -0.05) is 26.0 Å². The summed E-state index contributed by atoms with van der Waals surface area (Å²) in [6.07, 6.45) is 1.10. The molecule has 0 fully saturated rings. The van der Waals surface area contributed by atoms with Crippen LogP contribution in [-0.2, 0) is 4.74 Å². The second-order valence-electron chi connectivity index (χ2n) is 4.73. The van der Waals surface area contributed by atoms with Crippen molar-refractivity contribution in [3.63, 3.8) is 0 Å². The number of hydrogen-bond donors (Lipinski definition) is 0. The van der Waals surface area contributed by atoms with Gasteiger partial charge >= 0.3 is 0 Å². The van der Waals surface area contributed by atoms with E-state index in [1.807, 2.05) is 20.8 Å². The molecular formula is C16H19FO3. The van der Waals surface area contributed by atoms with E-state index < -0.39 is 11.4 Å². The quantitative estimate of drug-likeness (QED) is 0.737. The lowest BCUT2D eigenvalue weighted by molar-refractivity contribution is -0.0265. The summed E-state index contributed by atoms with van der Waals surface area (Å²) in [5, 5.41) is 0.589. The van der Waals surface area contributed by atoms with Crippen LogP contribution in [0.5, 0.6) is 0 Å². The molecule has 0 saturated carbocycles. The Labute approximate surface area is 117 Å². The summed E-state index contributed by atoms with van der Waals surface area (Å²) in [5.74, 6) is -0.529. The van der Waals surface area contributed by atoms with Crippen molar-refractivity contribution in [2.24, 2.45) is 0 Å². The average molecular weight is 278 g/mol. The Morgan fingerprint density at radius 2 is 2.00 bits per heavy atom. The lowest BCUT2D eigenvalue weighted by Crippen LogP contribution is -2.40. The van der Waals surface area contributed by atoms with Gasteiger partial charge in [0.05, 0.1) is 0 Å². The van der Waals surface area contributed by atoms with Gasteiger partial charge in [0.25, 0.3) is 0 Å².